The second-order valence-electron chi connectivity index (χ2n) is 5.84. The van der Waals surface area contributed by atoms with Crippen LogP contribution in [-0.4, -0.2) is 31.1 Å². The molecule has 0 amide bonds. The first-order valence-corrected chi connectivity index (χ1v) is 7.69. The van der Waals surface area contributed by atoms with Crippen molar-refractivity contribution in [3.05, 3.63) is 34.3 Å². The van der Waals surface area contributed by atoms with E-state index >= 15 is 0 Å². The zero-order chi connectivity index (χ0) is 12.6. The molecule has 0 aliphatic carbocycles. The van der Waals surface area contributed by atoms with Gasteiger partial charge in [0.15, 0.2) is 0 Å². The van der Waals surface area contributed by atoms with Crippen LogP contribution < -0.4 is 5.32 Å². The summed E-state index contributed by atoms with van der Waals surface area (Å²) in [6.45, 7) is 7.25. The predicted molar refractivity (Wildman–Crippen MR) is 85.9 cm³/mol. The van der Waals surface area contributed by atoms with Crippen molar-refractivity contribution in [1.82, 2.24) is 10.2 Å². The molecule has 2 nitrogen and oxygen atoms in total. The van der Waals surface area contributed by atoms with Crippen LogP contribution in [0.15, 0.2) is 28.7 Å². The van der Waals surface area contributed by atoms with E-state index in [0.29, 0.717) is 11.5 Å². The lowest BCUT2D eigenvalue weighted by atomic mass is 9.86. The van der Waals surface area contributed by atoms with E-state index < -0.39 is 0 Å². The van der Waals surface area contributed by atoms with Crippen LogP contribution in [0.25, 0.3) is 0 Å². The van der Waals surface area contributed by atoms with Gasteiger partial charge in [-0.05, 0) is 49.9 Å². The molecule has 0 radical (unpaired) electrons. The Hall–Kier alpha value is -0.0900. The van der Waals surface area contributed by atoms with Crippen molar-refractivity contribution in [2.75, 3.05) is 26.2 Å². The highest BCUT2D eigenvalue weighted by Crippen LogP contribution is 2.40. The van der Waals surface area contributed by atoms with Gasteiger partial charge in [0.05, 0.1) is 0 Å². The zero-order valence-electron chi connectivity index (χ0n) is 11.4. The molecule has 2 atom stereocenters. The Morgan fingerprint density at radius 1 is 1.32 bits per heavy atom. The molecule has 1 spiro atoms. The van der Waals surface area contributed by atoms with Crippen molar-refractivity contribution >= 4 is 28.3 Å². The van der Waals surface area contributed by atoms with Gasteiger partial charge in [-0.2, -0.15) is 0 Å². The fraction of sp³-hybridized carbons (Fsp3) is 0.600. The minimum Gasteiger partial charge on any atom is -0.316 e. The number of benzene rings is 1. The van der Waals surface area contributed by atoms with Gasteiger partial charge in [0.2, 0.25) is 0 Å². The smallest absolute Gasteiger partial charge is 0.0331 e. The van der Waals surface area contributed by atoms with E-state index in [1.54, 1.807) is 0 Å². The predicted octanol–water partition coefficient (Wildman–Crippen LogP) is 3.62. The number of nitrogens with zero attached hydrogens (tertiary/aromatic N) is 1. The van der Waals surface area contributed by atoms with Crippen LogP contribution in [0.1, 0.15) is 31.4 Å². The largest absolute Gasteiger partial charge is 0.316 e. The summed E-state index contributed by atoms with van der Waals surface area (Å²) in [6.07, 6.45) is 2.71. The summed E-state index contributed by atoms with van der Waals surface area (Å²) in [5, 5.41) is 3.53. The maximum Gasteiger partial charge on any atom is 0.0331 e. The van der Waals surface area contributed by atoms with Crippen LogP contribution in [0, 0.1) is 5.41 Å². The van der Waals surface area contributed by atoms with Gasteiger partial charge in [0.25, 0.3) is 0 Å². The van der Waals surface area contributed by atoms with Crippen molar-refractivity contribution in [2.24, 2.45) is 5.41 Å². The highest BCUT2D eigenvalue weighted by Gasteiger charge is 2.41. The van der Waals surface area contributed by atoms with E-state index in [0.717, 1.165) is 0 Å². The quantitative estimate of drug-likeness (QED) is 0.881. The lowest BCUT2D eigenvalue weighted by Crippen LogP contribution is -2.30. The Kier molecular flexibility index (Phi) is 4.93. The van der Waals surface area contributed by atoms with Crippen LogP contribution in [-0.2, 0) is 0 Å². The average Bonchev–Trinajstić information content (AvgIpc) is 3.00. The third kappa shape index (κ3) is 2.99. The molecule has 2 saturated heterocycles. The van der Waals surface area contributed by atoms with Gasteiger partial charge in [-0.15, -0.1) is 12.4 Å². The average molecular weight is 346 g/mol. The van der Waals surface area contributed by atoms with Crippen LogP contribution in [0.3, 0.4) is 0 Å². The summed E-state index contributed by atoms with van der Waals surface area (Å²) >= 11 is 3.68. The van der Waals surface area contributed by atoms with Crippen LogP contribution in [0.5, 0.6) is 0 Å². The van der Waals surface area contributed by atoms with Crippen molar-refractivity contribution in [3.8, 4) is 0 Å². The number of halogens is 2. The molecule has 0 saturated carbocycles. The first-order chi connectivity index (χ1) is 8.70. The van der Waals surface area contributed by atoms with E-state index in [1.165, 1.54) is 49.1 Å². The molecular weight excluding hydrogens is 324 g/mol. The third-order valence-electron chi connectivity index (χ3n) is 4.70. The molecule has 106 valence electrons. The SMILES string of the molecule is CC(c1ccccc1Br)N1CCC2(CCNC2)C1.Cl. The van der Waals surface area contributed by atoms with Gasteiger partial charge >= 0.3 is 0 Å². The van der Waals surface area contributed by atoms with Crippen LogP contribution >= 0.6 is 28.3 Å². The summed E-state index contributed by atoms with van der Waals surface area (Å²) in [5.41, 5.74) is 1.98. The second-order valence-corrected chi connectivity index (χ2v) is 6.70. The number of rotatable bonds is 2. The summed E-state index contributed by atoms with van der Waals surface area (Å²) in [6, 6.07) is 9.13. The lowest BCUT2D eigenvalue weighted by molar-refractivity contribution is 0.223. The summed E-state index contributed by atoms with van der Waals surface area (Å²) in [4.78, 5) is 2.65. The van der Waals surface area contributed by atoms with Gasteiger partial charge < -0.3 is 5.32 Å². The second kappa shape index (κ2) is 6.13. The molecule has 0 bridgehead atoms. The highest BCUT2D eigenvalue weighted by molar-refractivity contribution is 9.10. The van der Waals surface area contributed by atoms with Gasteiger partial charge in [0.1, 0.15) is 0 Å². The van der Waals surface area contributed by atoms with E-state index in [-0.39, 0.29) is 12.4 Å². The molecule has 4 heteroatoms. The van der Waals surface area contributed by atoms with Gasteiger partial charge in [0, 0.05) is 23.6 Å². The maximum absolute atomic E-state index is 3.68. The molecule has 1 N–H and O–H groups in total. The molecule has 2 fully saturated rings. The first kappa shape index (κ1) is 15.3. The molecular formula is C15H22BrClN2. The van der Waals surface area contributed by atoms with Crippen molar-refractivity contribution in [3.63, 3.8) is 0 Å². The van der Waals surface area contributed by atoms with E-state index in [4.69, 9.17) is 0 Å². The van der Waals surface area contributed by atoms with E-state index in [1.807, 2.05) is 0 Å². The third-order valence-corrected chi connectivity index (χ3v) is 5.43. The number of nitrogens with one attached hydrogen (secondary N) is 1. The Labute approximate surface area is 130 Å². The Bertz CT molecular complexity index is 432. The molecule has 3 rings (SSSR count). The fourth-order valence-electron chi connectivity index (χ4n) is 3.45. The lowest BCUT2D eigenvalue weighted by Gasteiger charge is -2.28. The Morgan fingerprint density at radius 3 is 2.79 bits per heavy atom. The topological polar surface area (TPSA) is 15.3 Å². The van der Waals surface area contributed by atoms with Crippen LogP contribution in [0.4, 0.5) is 0 Å². The van der Waals surface area contributed by atoms with Crippen LogP contribution in [0.2, 0.25) is 0 Å². The minimum atomic E-state index is 0. The monoisotopic (exact) mass is 344 g/mol. The maximum atomic E-state index is 3.68. The molecule has 2 unspecified atom stereocenters. The minimum absolute atomic E-state index is 0. The first-order valence-electron chi connectivity index (χ1n) is 6.89. The molecule has 0 aromatic heterocycles. The highest BCUT2D eigenvalue weighted by atomic mass is 79.9. The van der Waals surface area contributed by atoms with Gasteiger partial charge in [-0.1, -0.05) is 34.1 Å². The molecule has 1 aromatic carbocycles. The summed E-state index contributed by atoms with van der Waals surface area (Å²) < 4.78 is 1.24. The number of hydrogen-bond acceptors (Lipinski definition) is 2. The van der Waals surface area contributed by atoms with Gasteiger partial charge in [-0.25, -0.2) is 0 Å². The Morgan fingerprint density at radius 2 is 2.11 bits per heavy atom. The standard InChI is InChI=1S/C15H21BrN2.ClH/c1-12(13-4-2-3-5-14(13)16)18-9-7-15(11-18)6-8-17-10-15;/h2-5,12,17H,6-11H2,1H3;1H. The van der Waals surface area contributed by atoms with Gasteiger partial charge in [-0.3, -0.25) is 4.90 Å². The fourth-order valence-corrected chi connectivity index (χ4v) is 4.07. The summed E-state index contributed by atoms with van der Waals surface area (Å²) in [7, 11) is 0. The van der Waals surface area contributed by atoms with Crippen molar-refractivity contribution in [2.45, 2.75) is 25.8 Å². The number of likely N-dealkylation sites (tertiary alicyclic amines) is 1. The van der Waals surface area contributed by atoms with E-state index in [9.17, 15) is 0 Å². The zero-order valence-corrected chi connectivity index (χ0v) is 13.8. The molecule has 2 aliphatic heterocycles. The van der Waals surface area contributed by atoms with Crippen molar-refractivity contribution in [1.29, 1.82) is 0 Å². The molecule has 2 aliphatic rings. The van der Waals surface area contributed by atoms with E-state index in [2.05, 4.69) is 57.3 Å². The molecule has 19 heavy (non-hydrogen) atoms. The molecule has 1 aromatic rings. The molecule has 2 heterocycles. The van der Waals surface area contributed by atoms with Crippen molar-refractivity contribution < 1.29 is 0 Å². The summed E-state index contributed by atoms with van der Waals surface area (Å²) in [5.74, 6) is 0. The Balaban J connectivity index is 0.00000133. The normalized spacial score (nSPS) is 28.5. The number of hydrogen-bond donors (Lipinski definition) is 1.